The van der Waals surface area contributed by atoms with Gasteiger partial charge in [-0.1, -0.05) is 115 Å². The summed E-state index contributed by atoms with van der Waals surface area (Å²) < 4.78 is 4.94. The Morgan fingerprint density at radius 3 is 2.05 bits per heavy atom. The molecule has 0 spiro atoms. The van der Waals surface area contributed by atoms with E-state index in [1.165, 1.54) is 41.7 Å². The summed E-state index contributed by atoms with van der Waals surface area (Å²) in [6.07, 6.45) is 0. The molecule has 0 saturated heterocycles. The molecule has 3 nitrogen and oxygen atoms in total. The highest BCUT2D eigenvalue weighted by atomic mass is 32.1. The van der Waals surface area contributed by atoms with Crippen LogP contribution in [-0.2, 0) is 0 Å². The molecule has 4 heteroatoms. The summed E-state index contributed by atoms with van der Waals surface area (Å²) in [5.41, 5.74) is 5.25. The first-order chi connectivity index (χ1) is 20.8. The van der Waals surface area contributed by atoms with E-state index in [9.17, 15) is 0 Å². The summed E-state index contributed by atoms with van der Waals surface area (Å²) in [5, 5.41) is 7.73. The van der Waals surface area contributed by atoms with Gasteiger partial charge >= 0.3 is 0 Å². The molecule has 0 amide bonds. The Morgan fingerprint density at radius 2 is 1.21 bits per heavy atom. The van der Waals surface area contributed by atoms with Crippen molar-refractivity contribution in [2.45, 2.75) is 0 Å². The molecule has 42 heavy (non-hydrogen) atoms. The van der Waals surface area contributed by atoms with Crippen LogP contribution in [0.2, 0.25) is 0 Å². The van der Waals surface area contributed by atoms with Gasteiger partial charge in [-0.15, -0.1) is 11.3 Å². The molecule has 9 rings (SSSR count). The maximum atomic E-state index is 5.19. The predicted octanol–water partition coefficient (Wildman–Crippen LogP) is 10.4. The molecule has 9 aromatic rings. The van der Waals surface area contributed by atoms with Crippen molar-refractivity contribution in [3.05, 3.63) is 140 Å². The normalized spacial score (nSPS) is 11.8. The van der Waals surface area contributed by atoms with Crippen LogP contribution >= 0.6 is 11.3 Å². The number of hydrogen-bond donors (Lipinski definition) is 0. The average molecular weight is 554 g/mol. The van der Waals surface area contributed by atoms with Crippen molar-refractivity contribution in [3.63, 3.8) is 0 Å². The molecule has 0 N–H and O–H groups in total. The summed E-state index contributed by atoms with van der Waals surface area (Å²) in [6.45, 7) is 0. The van der Waals surface area contributed by atoms with Crippen LogP contribution in [0.25, 0.3) is 81.2 Å². The Morgan fingerprint density at radius 1 is 0.500 bits per heavy atom. The van der Waals surface area contributed by atoms with Gasteiger partial charge in [-0.05, 0) is 29.0 Å². The molecule has 0 saturated carbocycles. The van der Waals surface area contributed by atoms with Crippen molar-refractivity contribution < 1.29 is 0 Å². The second-order valence-corrected chi connectivity index (χ2v) is 11.7. The molecule has 0 atom stereocenters. The predicted molar refractivity (Wildman–Crippen MR) is 178 cm³/mol. The minimum absolute atomic E-state index is 0.715. The SMILES string of the molecule is c1ccc(-c2cc(-n3c4ccccc4c4c5sc6ccc7ccccc7c6c5ccc43)nc(-c3ccccc3)n2)cc1. The number of benzene rings is 6. The van der Waals surface area contributed by atoms with Crippen molar-refractivity contribution in [1.29, 1.82) is 0 Å². The van der Waals surface area contributed by atoms with Gasteiger partial charge in [0.2, 0.25) is 0 Å². The molecule has 0 bridgehead atoms. The number of hydrogen-bond acceptors (Lipinski definition) is 3. The quantitative estimate of drug-likeness (QED) is 0.218. The molecule has 0 radical (unpaired) electrons. The summed E-state index contributed by atoms with van der Waals surface area (Å²) in [6, 6.07) is 49.2. The van der Waals surface area contributed by atoms with Crippen molar-refractivity contribution in [1.82, 2.24) is 14.5 Å². The first kappa shape index (κ1) is 23.4. The zero-order valence-electron chi connectivity index (χ0n) is 22.5. The highest BCUT2D eigenvalue weighted by Gasteiger charge is 2.20. The lowest BCUT2D eigenvalue weighted by atomic mass is 10.0. The lowest BCUT2D eigenvalue weighted by Crippen LogP contribution is -2.02. The number of para-hydroxylation sites is 1. The second kappa shape index (κ2) is 9.10. The fraction of sp³-hybridized carbons (Fsp3) is 0. The van der Waals surface area contributed by atoms with Crippen LogP contribution in [0.1, 0.15) is 0 Å². The Hall–Kier alpha value is -5.32. The summed E-state index contributed by atoms with van der Waals surface area (Å²) in [5.74, 6) is 1.58. The van der Waals surface area contributed by atoms with Gasteiger partial charge in [0.05, 0.1) is 16.7 Å². The Balaban J connectivity index is 1.40. The Bertz CT molecular complexity index is 2400. The van der Waals surface area contributed by atoms with E-state index in [1.54, 1.807) is 0 Å². The fourth-order valence-electron chi connectivity index (χ4n) is 6.32. The Kier molecular flexibility index (Phi) is 5.07. The van der Waals surface area contributed by atoms with Gasteiger partial charge < -0.3 is 0 Å². The third-order valence-corrected chi connectivity index (χ3v) is 9.39. The van der Waals surface area contributed by atoms with Gasteiger partial charge in [-0.3, -0.25) is 4.57 Å². The maximum absolute atomic E-state index is 5.19. The minimum atomic E-state index is 0.715. The average Bonchev–Trinajstić information content (AvgIpc) is 3.61. The summed E-state index contributed by atoms with van der Waals surface area (Å²) in [7, 11) is 0. The minimum Gasteiger partial charge on any atom is -0.294 e. The fourth-order valence-corrected chi connectivity index (χ4v) is 7.60. The highest BCUT2D eigenvalue weighted by molar-refractivity contribution is 7.27. The molecule has 3 aromatic heterocycles. The molecule has 0 unspecified atom stereocenters. The van der Waals surface area contributed by atoms with E-state index in [1.807, 2.05) is 35.6 Å². The van der Waals surface area contributed by atoms with Gasteiger partial charge in [-0.2, -0.15) is 0 Å². The van der Waals surface area contributed by atoms with Crippen LogP contribution in [0.4, 0.5) is 0 Å². The van der Waals surface area contributed by atoms with Crippen LogP contribution < -0.4 is 0 Å². The summed E-state index contributed by atoms with van der Waals surface area (Å²) >= 11 is 1.88. The zero-order valence-corrected chi connectivity index (χ0v) is 23.3. The third kappa shape index (κ3) is 3.46. The van der Waals surface area contributed by atoms with E-state index in [4.69, 9.17) is 9.97 Å². The van der Waals surface area contributed by atoms with E-state index in [0.717, 1.165) is 33.7 Å². The van der Waals surface area contributed by atoms with Crippen LogP contribution in [0.5, 0.6) is 0 Å². The molecule has 0 aliphatic rings. The molecule has 0 aliphatic carbocycles. The molecular weight excluding hydrogens is 531 g/mol. The maximum Gasteiger partial charge on any atom is 0.162 e. The van der Waals surface area contributed by atoms with E-state index in [0.29, 0.717) is 5.82 Å². The van der Waals surface area contributed by atoms with Crippen molar-refractivity contribution in [2.24, 2.45) is 0 Å². The lowest BCUT2D eigenvalue weighted by molar-refractivity contribution is 1.05. The van der Waals surface area contributed by atoms with Crippen LogP contribution in [0.15, 0.2) is 140 Å². The molecular formula is C38H23N3S. The van der Waals surface area contributed by atoms with Gasteiger partial charge in [0.1, 0.15) is 5.82 Å². The van der Waals surface area contributed by atoms with Gasteiger partial charge in [0.15, 0.2) is 5.82 Å². The van der Waals surface area contributed by atoms with Crippen LogP contribution in [0, 0.1) is 0 Å². The van der Waals surface area contributed by atoms with Gasteiger partial charge in [0, 0.05) is 48.1 Å². The van der Waals surface area contributed by atoms with Crippen molar-refractivity contribution in [2.75, 3.05) is 0 Å². The van der Waals surface area contributed by atoms with E-state index < -0.39 is 0 Å². The topological polar surface area (TPSA) is 30.7 Å². The number of thiophene rings is 1. The molecule has 3 heterocycles. The zero-order chi connectivity index (χ0) is 27.6. The van der Waals surface area contributed by atoms with Crippen molar-refractivity contribution >= 4 is 64.1 Å². The van der Waals surface area contributed by atoms with Crippen molar-refractivity contribution in [3.8, 4) is 28.5 Å². The van der Waals surface area contributed by atoms with Crippen LogP contribution in [0.3, 0.4) is 0 Å². The second-order valence-electron chi connectivity index (χ2n) is 10.6. The number of fused-ring (bicyclic) bond motifs is 9. The van der Waals surface area contributed by atoms with Crippen LogP contribution in [-0.4, -0.2) is 14.5 Å². The number of nitrogens with zero attached hydrogens (tertiary/aromatic N) is 3. The lowest BCUT2D eigenvalue weighted by Gasteiger charge is -2.12. The third-order valence-electron chi connectivity index (χ3n) is 8.21. The molecule has 0 fully saturated rings. The molecule has 0 aliphatic heterocycles. The largest absolute Gasteiger partial charge is 0.294 e. The number of aromatic nitrogens is 3. The monoisotopic (exact) mass is 553 g/mol. The number of rotatable bonds is 3. The first-order valence-electron chi connectivity index (χ1n) is 14.1. The molecule has 6 aromatic carbocycles. The first-order valence-corrected chi connectivity index (χ1v) is 14.9. The smallest absolute Gasteiger partial charge is 0.162 e. The molecule has 196 valence electrons. The Labute approximate surface area is 246 Å². The van der Waals surface area contributed by atoms with E-state index in [2.05, 4.69) is 120 Å². The van der Waals surface area contributed by atoms with Gasteiger partial charge in [-0.25, -0.2) is 9.97 Å². The standard InChI is InChI=1S/C38H23N3S/c1-3-12-25(13-4-1)30-23-34(40-38(39-30)26-14-5-2-6-15-26)41-31-18-10-9-17-28(31)36-32(41)21-20-29-35-27-16-8-7-11-24(27)19-22-33(35)42-37(29)36/h1-23H. The van der Waals surface area contributed by atoms with E-state index >= 15 is 0 Å². The van der Waals surface area contributed by atoms with Gasteiger partial charge in [0.25, 0.3) is 0 Å². The highest BCUT2D eigenvalue weighted by Crippen LogP contribution is 2.45. The summed E-state index contributed by atoms with van der Waals surface area (Å²) in [4.78, 5) is 10.2. The van der Waals surface area contributed by atoms with E-state index in [-0.39, 0.29) is 0 Å².